The molecule has 0 N–H and O–H groups in total. The Labute approximate surface area is 150 Å². The van der Waals surface area contributed by atoms with Gasteiger partial charge in [0.15, 0.2) is 0 Å². The van der Waals surface area contributed by atoms with Crippen LogP contribution in [0.25, 0.3) is 0 Å². The minimum absolute atomic E-state index is 0.00202. The Balaban J connectivity index is 1.96. The molecule has 7 nitrogen and oxygen atoms in total. The van der Waals surface area contributed by atoms with Crippen molar-refractivity contribution >= 4 is 17.6 Å². The number of benzene rings is 2. The average Bonchev–Trinajstić information content (AvgIpc) is 2.64. The van der Waals surface area contributed by atoms with Gasteiger partial charge in [0.2, 0.25) is 0 Å². The Kier molecular flexibility index (Phi) is 6.43. The molecule has 7 heteroatoms. The molecule has 0 bridgehead atoms. The largest absolute Gasteiger partial charge is 0.462 e. The minimum Gasteiger partial charge on any atom is -0.462 e. The Bertz CT molecular complexity index is 813. The van der Waals surface area contributed by atoms with Crippen LogP contribution in [0.4, 0.5) is 5.69 Å². The second kappa shape index (κ2) is 8.75. The molecule has 0 aromatic heterocycles. The van der Waals surface area contributed by atoms with Crippen LogP contribution in [0.2, 0.25) is 0 Å². The van der Waals surface area contributed by atoms with E-state index in [0.717, 1.165) is 6.42 Å². The van der Waals surface area contributed by atoms with Gasteiger partial charge in [0, 0.05) is 11.6 Å². The molecule has 0 heterocycles. The molecule has 0 saturated carbocycles. The number of carbonyl (C=O) groups excluding carboxylic acids is 2. The lowest BCUT2D eigenvalue weighted by atomic mass is 10.1. The standard InChI is InChI=1S/C19H19NO6/c1-3-10-25-18(21)15-5-7-16(8-6-15)19(22)26-12-14-4-9-17(20(23)24)13(2)11-14/h4-9,11H,3,10,12H2,1-2H3. The van der Waals surface area contributed by atoms with Crippen molar-refractivity contribution in [2.75, 3.05) is 6.61 Å². The van der Waals surface area contributed by atoms with Crippen molar-refractivity contribution in [1.82, 2.24) is 0 Å². The number of hydrogen-bond acceptors (Lipinski definition) is 6. The summed E-state index contributed by atoms with van der Waals surface area (Å²) < 4.78 is 10.2. The molecule has 0 spiro atoms. The Morgan fingerprint density at radius 1 is 1.00 bits per heavy atom. The van der Waals surface area contributed by atoms with Gasteiger partial charge in [0.1, 0.15) is 6.61 Å². The monoisotopic (exact) mass is 357 g/mol. The van der Waals surface area contributed by atoms with Crippen molar-refractivity contribution in [3.63, 3.8) is 0 Å². The average molecular weight is 357 g/mol. The molecular formula is C19H19NO6. The van der Waals surface area contributed by atoms with Crippen LogP contribution in [-0.4, -0.2) is 23.5 Å². The summed E-state index contributed by atoms with van der Waals surface area (Å²) in [7, 11) is 0. The van der Waals surface area contributed by atoms with Crippen molar-refractivity contribution < 1.29 is 24.0 Å². The van der Waals surface area contributed by atoms with Crippen LogP contribution in [0.15, 0.2) is 42.5 Å². The lowest BCUT2D eigenvalue weighted by molar-refractivity contribution is -0.385. The predicted octanol–water partition coefficient (Wildman–Crippen LogP) is 3.83. The van der Waals surface area contributed by atoms with Gasteiger partial charge in [-0.25, -0.2) is 9.59 Å². The van der Waals surface area contributed by atoms with Gasteiger partial charge in [0.25, 0.3) is 5.69 Å². The van der Waals surface area contributed by atoms with Crippen molar-refractivity contribution in [3.05, 3.63) is 74.8 Å². The molecule has 2 rings (SSSR count). The molecule has 0 aliphatic rings. The van der Waals surface area contributed by atoms with Gasteiger partial charge in [-0.15, -0.1) is 0 Å². The summed E-state index contributed by atoms with van der Waals surface area (Å²) in [4.78, 5) is 34.1. The molecule has 0 saturated heterocycles. The smallest absolute Gasteiger partial charge is 0.338 e. The molecule has 0 atom stereocenters. The highest BCUT2D eigenvalue weighted by Gasteiger charge is 2.13. The van der Waals surface area contributed by atoms with Gasteiger partial charge in [0.05, 0.1) is 22.7 Å². The lowest BCUT2D eigenvalue weighted by Crippen LogP contribution is -2.08. The van der Waals surface area contributed by atoms with Gasteiger partial charge in [-0.2, -0.15) is 0 Å². The summed E-state index contributed by atoms with van der Waals surface area (Å²) in [5.74, 6) is -0.984. The van der Waals surface area contributed by atoms with Crippen LogP contribution in [0.1, 0.15) is 45.2 Å². The minimum atomic E-state index is -0.547. The topological polar surface area (TPSA) is 95.7 Å². The van der Waals surface area contributed by atoms with Gasteiger partial charge in [-0.1, -0.05) is 6.92 Å². The van der Waals surface area contributed by atoms with E-state index in [9.17, 15) is 19.7 Å². The molecule has 0 unspecified atom stereocenters. The molecule has 0 amide bonds. The molecule has 0 radical (unpaired) electrons. The van der Waals surface area contributed by atoms with Crippen molar-refractivity contribution in [1.29, 1.82) is 0 Å². The number of nitro benzene ring substituents is 1. The molecule has 2 aromatic rings. The van der Waals surface area contributed by atoms with E-state index in [2.05, 4.69) is 0 Å². The van der Waals surface area contributed by atoms with E-state index in [1.54, 1.807) is 19.1 Å². The Hall–Kier alpha value is -3.22. The third kappa shape index (κ3) is 4.89. The van der Waals surface area contributed by atoms with Gasteiger partial charge in [-0.05, 0) is 55.3 Å². The third-order valence-corrected chi connectivity index (χ3v) is 3.62. The van der Waals surface area contributed by atoms with E-state index in [0.29, 0.717) is 28.9 Å². The molecule has 2 aromatic carbocycles. The number of rotatable bonds is 7. The highest BCUT2D eigenvalue weighted by Crippen LogP contribution is 2.19. The Morgan fingerprint density at radius 3 is 2.08 bits per heavy atom. The molecule has 0 aliphatic carbocycles. The fourth-order valence-electron chi connectivity index (χ4n) is 2.26. The van der Waals surface area contributed by atoms with Crippen LogP contribution < -0.4 is 0 Å². The van der Waals surface area contributed by atoms with Gasteiger partial charge < -0.3 is 9.47 Å². The summed E-state index contributed by atoms with van der Waals surface area (Å²) in [6.45, 7) is 3.87. The summed E-state index contributed by atoms with van der Waals surface area (Å²) in [6.07, 6.45) is 0.734. The summed E-state index contributed by atoms with van der Waals surface area (Å²) in [6, 6.07) is 10.5. The zero-order valence-corrected chi connectivity index (χ0v) is 14.6. The number of carbonyl (C=O) groups is 2. The number of ether oxygens (including phenoxy) is 2. The van der Waals surface area contributed by atoms with E-state index < -0.39 is 16.9 Å². The lowest BCUT2D eigenvalue weighted by Gasteiger charge is -2.07. The summed E-state index contributed by atoms with van der Waals surface area (Å²) >= 11 is 0. The second-order valence-corrected chi connectivity index (χ2v) is 5.67. The molecule has 136 valence electrons. The normalized spacial score (nSPS) is 10.2. The zero-order valence-electron chi connectivity index (χ0n) is 14.6. The summed E-state index contributed by atoms with van der Waals surface area (Å²) in [5, 5.41) is 10.8. The first-order chi connectivity index (χ1) is 12.4. The number of hydrogen-bond donors (Lipinski definition) is 0. The number of aryl methyl sites for hydroxylation is 1. The number of nitro groups is 1. The fourth-order valence-corrected chi connectivity index (χ4v) is 2.26. The first-order valence-electron chi connectivity index (χ1n) is 8.10. The molecule has 26 heavy (non-hydrogen) atoms. The fraction of sp³-hybridized carbons (Fsp3) is 0.263. The maximum atomic E-state index is 12.1. The number of nitrogens with zero attached hydrogens (tertiary/aromatic N) is 1. The maximum Gasteiger partial charge on any atom is 0.338 e. The van der Waals surface area contributed by atoms with E-state index in [1.165, 1.54) is 30.3 Å². The van der Waals surface area contributed by atoms with E-state index >= 15 is 0 Å². The third-order valence-electron chi connectivity index (χ3n) is 3.62. The van der Waals surface area contributed by atoms with Crippen LogP contribution in [0.5, 0.6) is 0 Å². The maximum absolute atomic E-state index is 12.1. The molecule has 0 fully saturated rings. The predicted molar refractivity (Wildman–Crippen MR) is 94.0 cm³/mol. The summed E-state index contributed by atoms with van der Waals surface area (Å²) in [5.41, 5.74) is 1.84. The van der Waals surface area contributed by atoms with E-state index in [-0.39, 0.29) is 12.3 Å². The van der Waals surface area contributed by atoms with E-state index in [1.807, 2.05) is 6.92 Å². The highest BCUT2D eigenvalue weighted by molar-refractivity contribution is 5.93. The molecule has 0 aliphatic heterocycles. The van der Waals surface area contributed by atoms with Crippen LogP contribution in [-0.2, 0) is 16.1 Å². The van der Waals surface area contributed by atoms with Crippen molar-refractivity contribution in [3.8, 4) is 0 Å². The molecular weight excluding hydrogens is 338 g/mol. The van der Waals surface area contributed by atoms with Gasteiger partial charge in [-0.3, -0.25) is 10.1 Å². The highest BCUT2D eigenvalue weighted by atomic mass is 16.6. The first kappa shape index (κ1) is 19.1. The quantitative estimate of drug-likeness (QED) is 0.424. The van der Waals surface area contributed by atoms with Crippen molar-refractivity contribution in [2.45, 2.75) is 26.9 Å². The van der Waals surface area contributed by atoms with Crippen LogP contribution in [0, 0.1) is 17.0 Å². The van der Waals surface area contributed by atoms with Gasteiger partial charge >= 0.3 is 11.9 Å². The van der Waals surface area contributed by atoms with Crippen molar-refractivity contribution in [2.24, 2.45) is 0 Å². The Morgan fingerprint density at radius 2 is 1.58 bits per heavy atom. The van der Waals surface area contributed by atoms with E-state index in [4.69, 9.17) is 9.47 Å². The SMILES string of the molecule is CCCOC(=O)c1ccc(C(=O)OCc2ccc([N+](=O)[O-])c(C)c2)cc1. The zero-order chi connectivity index (χ0) is 19.1. The first-order valence-corrected chi connectivity index (χ1v) is 8.10. The van der Waals surface area contributed by atoms with Crippen LogP contribution in [0.3, 0.4) is 0 Å². The van der Waals surface area contributed by atoms with Crippen LogP contribution >= 0.6 is 0 Å². The number of esters is 2. The second-order valence-electron chi connectivity index (χ2n) is 5.67.